The number of hydrogen-bond acceptors (Lipinski definition) is 3. The number of carbonyl (C=O) groups is 2. The molecule has 1 aliphatic heterocycles. The largest absolute Gasteiger partial charge is 0.392 e. The minimum Gasteiger partial charge on any atom is -0.392 e. The van der Waals surface area contributed by atoms with E-state index in [0.29, 0.717) is 6.54 Å². The SMILES string of the molecule is CCCCc1ccc(N2CC(C(=O)NCC(C)O)CC2=O)cc1. The Morgan fingerprint density at radius 1 is 1.39 bits per heavy atom. The highest BCUT2D eigenvalue weighted by atomic mass is 16.3. The van der Waals surface area contributed by atoms with Crippen molar-refractivity contribution in [1.29, 1.82) is 0 Å². The monoisotopic (exact) mass is 318 g/mol. The summed E-state index contributed by atoms with van der Waals surface area (Å²) in [6, 6.07) is 8.02. The van der Waals surface area contributed by atoms with Crippen LogP contribution in [0.2, 0.25) is 0 Å². The molecule has 1 saturated heterocycles. The molecule has 2 N–H and O–H groups in total. The molecule has 1 aliphatic rings. The fourth-order valence-corrected chi connectivity index (χ4v) is 2.75. The predicted octanol–water partition coefficient (Wildman–Crippen LogP) is 1.88. The normalized spacial score (nSPS) is 19.0. The molecule has 5 nitrogen and oxygen atoms in total. The van der Waals surface area contributed by atoms with Crippen molar-refractivity contribution in [2.45, 2.75) is 45.6 Å². The van der Waals surface area contributed by atoms with Crippen LogP contribution in [0.25, 0.3) is 0 Å². The first-order valence-corrected chi connectivity index (χ1v) is 8.36. The van der Waals surface area contributed by atoms with E-state index in [1.54, 1.807) is 11.8 Å². The molecule has 0 aliphatic carbocycles. The Kier molecular flexibility index (Phi) is 6.16. The van der Waals surface area contributed by atoms with Crippen molar-refractivity contribution in [3.63, 3.8) is 0 Å². The molecule has 1 fully saturated rings. The van der Waals surface area contributed by atoms with Gasteiger partial charge in [0.25, 0.3) is 0 Å². The van der Waals surface area contributed by atoms with Crippen molar-refractivity contribution in [2.75, 3.05) is 18.0 Å². The average Bonchev–Trinajstić information content (AvgIpc) is 2.93. The van der Waals surface area contributed by atoms with Crippen molar-refractivity contribution in [2.24, 2.45) is 5.92 Å². The lowest BCUT2D eigenvalue weighted by Crippen LogP contribution is -2.36. The highest BCUT2D eigenvalue weighted by Crippen LogP contribution is 2.25. The van der Waals surface area contributed by atoms with Crippen molar-refractivity contribution >= 4 is 17.5 Å². The molecular weight excluding hydrogens is 292 g/mol. The summed E-state index contributed by atoms with van der Waals surface area (Å²) in [7, 11) is 0. The maximum Gasteiger partial charge on any atom is 0.227 e. The van der Waals surface area contributed by atoms with Crippen molar-refractivity contribution in [3.05, 3.63) is 29.8 Å². The second-order valence-electron chi connectivity index (χ2n) is 6.27. The lowest BCUT2D eigenvalue weighted by atomic mass is 10.1. The van der Waals surface area contributed by atoms with Gasteiger partial charge in [-0.15, -0.1) is 0 Å². The fraction of sp³-hybridized carbons (Fsp3) is 0.556. The smallest absolute Gasteiger partial charge is 0.227 e. The van der Waals surface area contributed by atoms with E-state index in [9.17, 15) is 14.7 Å². The van der Waals surface area contributed by atoms with Crippen LogP contribution in [-0.2, 0) is 16.0 Å². The molecule has 1 aromatic rings. The highest BCUT2D eigenvalue weighted by molar-refractivity contribution is 6.00. The molecule has 23 heavy (non-hydrogen) atoms. The van der Waals surface area contributed by atoms with E-state index >= 15 is 0 Å². The van der Waals surface area contributed by atoms with Crippen LogP contribution in [-0.4, -0.2) is 36.1 Å². The number of aliphatic hydroxyl groups excluding tert-OH is 1. The number of aryl methyl sites for hydroxylation is 1. The third-order valence-corrected chi connectivity index (χ3v) is 4.13. The van der Waals surface area contributed by atoms with Gasteiger partial charge >= 0.3 is 0 Å². The van der Waals surface area contributed by atoms with Crippen LogP contribution in [0.3, 0.4) is 0 Å². The Bertz CT molecular complexity index is 540. The van der Waals surface area contributed by atoms with Crippen molar-refractivity contribution < 1.29 is 14.7 Å². The molecule has 126 valence electrons. The minimum atomic E-state index is -0.581. The number of unbranched alkanes of at least 4 members (excludes halogenated alkanes) is 1. The molecule has 2 unspecified atom stereocenters. The Morgan fingerprint density at radius 3 is 2.70 bits per heavy atom. The van der Waals surface area contributed by atoms with Gasteiger partial charge in [0, 0.05) is 25.2 Å². The highest BCUT2D eigenvalue weighted by Gasteiger charge is 2.35. The first-order chi connectivity index (χ1) is 11.0. The van der Waals surface area contributed by atoms with Crippen LogP contribution in [0.5, 0.6) is 0 Å². The van der Waals surface area contributed by atoms with Crippen LogP contribution in [0.1, 0.15) is 38.7 Å². The van der Waals surface area contributed by atoms with E-state index in [0.717, 1.165) is 24.9 Å². The summed E-state index contributed by atoms with van der Waals surface area (Å²) in [5, 5.41) is 11.9. The maximum atomic E-state index is 12.2. The number of benzene rings is 1. The van der Waals surface area contributed by atoms with Gasteiger partial charge < -0.3 is 15.3 Å². The quantitative estimate of drug-likeness (QED) is 0.806. The van der Waals surface area contributed by atoms with E-state index in [1.165, 1.54) is 5.56 Å². The number of aliphatic hydroxyl groups is 1. The van der Waals surface area contributed by atoms with Gasteiger partial charge in [0.05, 0.1) is 12.0 Å². The van der Waals surface area contributed by atoms with Crippen LogP contribution in [0.4, 0.5) is 5.69 Å². The lowest BCUT2D eigenvalue weighted by molar-refractivity contribution is -0.126. The van der Waals surface area contributed by atoms with Crippen molar-refractivity contribution in [3.8, 4) is 0 Å². The molecule has 0 bridgehead atoms. The molecule has 0 radical (unpaired) electrons. The number of carbonyl (C=O) groups excluding carboxylic acids is 2. The molecule has 0 saturated carbocycles. The summed E-state index contributed by atoms with van der Waals surface area (Å²) in [6.07, 6.45) is 3.02. The van der Waals surface area contributed by atoms with Gasteiger partial charge in [0.2, 0.25) is 11.8 Å². The fourth-order valence-electron chi connectivity index (χ4n) is 2.75. The van der Waals surface area contributed by atoms with Crippen LogP contribution >= 0.6 is 0 Å². The van der Waals surface area contributed by atoms with Crippen LogP contribution in [0, 0.1) is 5.92 Å². The summed E-state index contributed by atoms with van der Waals surface area (Å²) in [5.74, 6) is -0.536. The number of rotatable bonds is 7. The zero-order chi connectivity index (χ0) is 16.8. The molecule has 0 spiro atoms. The van der Waals surface area contributed by atoms with Crippen LogP contribution < -0.4 is 10.2 Å². The Hall–Kier alpha value is -1.88. The summed E-state index contributed by atoms with van der Waals surface area (Å²) in [5.41, 5.74) is 2.12. The first kappa shape index (κ1) is 17.5. The molecule has 2 rings (SSSR count). The van der Waals surface area contributed by atoms with E-state index in [2.05, 4.69) is 24.4 Å². The standard InChI is InChI=1S/C18H26N2O3/c1-3-4-5-14-6-8-16(9-7-14)20-12-15(10-17(20)22)18(23)19-11-13(2)21/h6-9,13,15,21H,3-5,10-12H2,1-2H3,(H,19,23). The molecule has 2 amide bonds. The van der Waals surface area contributed by atoms with Gasteiger partial charge in [-0.25, -0.2) is 0 Å². The predicted molar refractivity (Wildman–Crippen MR) is 90.2 cm³/mol. The summed E-state index contributed by atoms with van der Waals surface area (Å²) >= 11 is 0. The van der Waals surface area contributed by atoms with E-state index in [1.807, 2.05) is 12.1 Å². The van der Waals surface area contributed by atoms with Gasteiger partial charge in [-0.2, -0.15) is 0 Å². The molecule has 2 atom stereocenters. The number of anilines is 1. The maximum absolute atomic E-state index is 12.2. The first-order valence-electron chi connectivity index (χ1n) is 8.36. The Labute approximate surface area is 137 Å². The summed E-state index contributed by atoms with van der Waals surface area (Å²) < 4.78 is 0. The number of amides is 2. The van der Waals surface area contributed by atoms with Gasteiger partial charge in [0.1, 0.15) is 0 Å². The van der Waals surface area contributed by atoms with Crippen LogP contribution in [0.15, 0.2) is 24.3 Å². The number of hydrogen-bond donors (Lipinski definition) is 2. The molecule has 1 aromatic carbocycles. The number of nitrogens with zero attached hydrogens (tertiary/aromatic N) is 1. The van der Waals surface area contributed by atoms with Gasteiger partial charge in [-0.1, -0.05) is 25.5 Å². The Morgan fingerprint density at radius 2 is 2.09 bits per heavy atom. The topological polar surface area (TPSA) is 69.6 Å². The minimum absolute atomic E-state index is 0.0245. The van der Waals surface area contributed by atoms with Gasteiger partial charge in [-0.3, -0.25) is 9.59 Å². The van der Waals surface area contributed by atoms with E-state index < -0.39 is 6.10 Å². The zero-order valence-corrected chi connectivity index (χ0v) is 13.9. The van der Waals surface area contributed by atoms with Gasteiger partial charge in [0.15, 0.2) is 0 Å². The van der Waals surface area contributed by atoms with E-state index in [-0.39, 0.29) is 30.7 Å². The molecule has 5 heteroatoms. The van der Waals surface area contributed by atoms with Crippen molar-refractivity contribution in [1.82, 2.24) is 5.32 Å². The lowest BCUT2D eigenvalue weighted by Gasteiger charge is -2.17. The van der Waals surface area contributed by atoms with Gasteiger partial charge in [-0.05, 0) is 37.5 Å². The molecule has 0 aromatic heterocycles. The number of nitrogens with one attached hydrogen (secondary N) is 1. The summed E-state index contributed by atoms with van der Waals surface area (Å²) in [6.45, 7) is 4.40. The Balaban J connectivity index is 1.95. The third-order valence-electron chi connectivity index (χ3n) is 4.13. The zero-order valence-electron chi connectivity index (χ0n) is 13.9. The third kappa shape index (κ3) is 4.79. The molecular formula is C18H26N2O3. The second kappa shape index (κ2) is 8.11. The second-order valence-corrected chi connectivity index (χ2v) is 6.27. The van der Waals surface area contributed by atoms with E-state index in [4.69, 9.17) is 0 Å². The molecule has 1 heterocycles. The summed E-state index contributed by atoms with van der Waals surface area (Å²) in [4.78, 5) is 25.9. The average molecular weight is 318 g/mol.